The zero-order valence-electron chi connectivity index (χ0n) is 23.6. The van der Waals surface area contributed by atoms with Crippen LogP contribution in [0.25, 0.3) is 0 Å². The lowest BCUT2D eigenvalue weighted by Crippen LogP contribution is -2.38. The Labute approximate surface area is 249 Å². The van der Waals surface area contributed by atoms with E-state index in [0.29, 0.717) is 11.4 Å². The summed E-state index contributed by atoms with van der Waals surface area (Å²) >= 11 is 1.67. The first-order valence-electron chi connectivity index (χ1n) is 13.8. The Morgan fingerprint density at radius 2 is 1.45 bits per heavy atom. The van der Waals surface area contributed by atoms with Gasteiger partial charge in [-0.1, -0.05) is 43.3 Å². The average molecular weight is 593 g/mol. The number of thioether (sulfide) groups is 1. The van der Waals surface area contributed by atoms with Crippen LogP contribution in [0.2, 0.25) is 0 Å². The first-order chi connectivity index (χ1) is 20.2. The second-order valence-corrected chi connectivity index (χ2v) is 11.3. The number of anilines is 2. The van der Waals surface area contributed by atoms with E-state index in [-0.39, 0.29) is 55.8 Å². The number of nitrogens with one attached hydrogen (secondary N) is 2. The molecule has 9 nitrogen and oxygen atoms in total. The normalized spacial score (nSPS) is 20.1. The second kappa shape index (κ2) is 15.0. The fourth-order valence-electron chi connectivity index (χ4n) is 4.67. The number of aliphatic hydroxyl groups is 1. The van der Waals surface area contributed by atoms with Gasteiger partial charge in [-0.2, -0.15) is 0 Å². The number of carbonyl (C=O) groups is 3. The largest absolute Gasteiger partial charge is 0.481 e. The number of ether oxygens (including phenoxy) is 2. The molecule has 2 amide bonds. The third-order valence-corrected chi connectivity index (χ3v) is 8.07. The van der Waals surface area contributed by atoms with Gasteiger partial charge < -0.3 is 30.3 Å². The van der Waals surface area contributed by atoms with Crippen LogP contribution in [0.1, 0.15) is 62.2 Å². The van der Waals surface area contributed by atoms with Gasteiger partial charge in [0.1, 0.15) is 0 Å². The highest BCUT2D eigenvalue weighted by Gasteiger charge is 2.38. The van der Waals surface area contributed by atoms with Gasteiger partial charge in [-0.05, 0) is 53.9 Å². The molecule has 1 saturated heterocycles. The minimum atomic E-state index is -0.923. The molecule has 3 aromatic carbocycles. The summed E-state index contributed by atoms with van der Waals surface area (Å²) in [5.74, 6) is -0.576. The molecule has 0 saturated carbocycles. The maximum absolute atomic E-state index is 12.2. The molecule has 42 heavy (non-hydrogen) atoms. The van der Waals surface area contributed by atoms with Gasteiger partial charge in [0, 0.05) is 53.3 Å². The van der Waals surface area contributed by atoms with Crippen LogP contribution in [-0.2, 0) is 30.5 Å². The Balaban J connectivity index is 1.47. The van der Waals surface area contributed by atoms with E-state index in [1.807, 2.05) is 60.7 Å². The van der Waals surface area contributed by atoms with E-state index in [1.54, 1.807) is 23.9 Å². The Morgan fingerprint density at radius 3 is 2.07 bits per heavy atom. The van der Waals surface area contributed by atoms with E-state index in [2.05, 4.69) is 17.6 Å². The van der Waals surface area contributed by atoms with Gasteiger partial charge in [0.05, 0.1) is 18.8 Å². The van der Waals surface area contributed by atoms with Crippen molar-refractivity contribution in [3.8, 4) is 0 Å². The maximum Gasteiger partial charge on any atom is 0.303 e. The molecule has 3 aromatic rings. The van der Waals surface area contributed by atoms with Crippen molar-refractivity contribution in [2.75, 3.05) is 16.4 Å². The summed E-state index contributed by atoms with van der Waals surface area (Å²) in [6, 6.07) is 22.7. The number of hydrogen-bond acceptors (Lipinski definition) is 7. The number of aliphatic hydroxyl groups excluding tert-OH is 1. The Kier molecular flexibility index (Phi) is 11.1. The molecule has 0 radical (unpaired) electrons. The first kappa shape index (κ1) is 31.2. The molecule has 222 valence electrons. The quantitative estimate of drug-likeness (QED) is 0.191. The molecule has 4 atom stereocenters. The molecular formula is C32H36N2O7S. The molecule has 1 aliphatic rings. The lowest BCUT2D eigenvalue weighted by atomic mass is 9.91. The predicted octanol–water partition coefficient (Wildman–Crippen LogP) is 5.91. The van der Waals surface area contributed by atoms with E-state index >= 15 is 0 Å². The van der Waals surface area contributed by atoms with Crippen LogP contribution in [-0.4, -0.2) is 39.9 Å². The van der Waals surface area contributed by atoms with Gasteiger partial charge in [0.15, 0.2) is 6.29 Å². The fourth-order valence-corrected chi connectivity index (χ4v) is 5.74. The first-order valence-corrected chi connectivity index (χ1v) is 14.8. The van der Waals surface area contributed by atoms with Gasteiger partial charge in [0.2, 0.25) is 11.8 Å². The van der Waals surface area contributed by atoms with Crippen molar-refractivity contribution in [2.45, 2.75) is 63.1 Å². The number of rotatable bonds is 12. The fraction of sp³-hybridized carbons (Fsp3) is 0.344. The monoisotopic (exact) mass is 592 g/mol. The summed E-state index contributed by atoms with van der Waals surface area (Å²) in [6.07, 6.45) is -0.685. The minimum Gasteiger partial charge on any atom is -0.481 e. The van der Waals surface area contributed by atoms with Crippen molar-refractivity contribution >= 4 is 40.9 Å². The molecule has 0 aliphatic carbocycles. The van der Waals surface area contributed by atoms with Crippen LogP contribution in [0.5, 0.6) is 0 Å². The average Bonchev–Trinajstić information content (AvgIpc) is 2.97. The van der Waals surface area contributed by atoms with Gasteiger partial charge in [-0.15, -0.1) is 11.8 Å². The SMILES string of the molecule is CC(=O)Nc1ccc(SCC2OC(c3ccc(NC(=O)CCCC(=O)O)cc3)OC(c3ccc(CO)cc3)C2C)cc1. The van der Waals surface area contributed by atoms with Gasteiger partial charge in [0.25, 0.3) is 0 Å². The van der Waals surface area contributed by atoms with Crippen LogP contribution >= 0.6 is 11.8 Å². The Morgan fingerprint density at radius 1 is 0.833 bits per heavy atom. The predicted molar refractivity (Wildman–Crippen MR) is 161 cm³/mol. The van der Waals surface area contributed by atoms with Crippen molar-refractivity contribution in [3.63, 3.8) is 0 Å². The lowest BCUT2D eigenvalue weighted by molar-refractivity contribution is -0.268. The smallest absolute Gasteiger partial charge is 0.303 e. The van der Waals surface area contributed by atoms with Crippen LogP contribution in [0, 0.1) is 5.92 Å². The van der Waals surface area contributed by atoms with Crippen molar-refractivity contribution in [2.24, 2.45) is 5.92 Å². The number of aliphatic carboxylic acids is 1. The second-order valence-electron chi connectivity index (χ2n) is 10.3. The van der Waals surface area contributed by atoms with Crippen LogP contribution in [0.15, 0.2) is 77.7 Å². The highest BCUT2D eigenvalue weighted by atomic mass is 32.2. The molecule has 10 heteroatoms. The van der Waals surface area contributed by atoms with Crippen LogP contribution in [0.4, 0.5) is 11.4 Å². The number of carboxylic acid groups (broad SMARTS) is 1. The third-order valence-electron chi connectivity index (χ3n) is 6.97. The molecular weight excluding hydrogens is 556 g/mol. The van der Waals surface area contributed by atoms with Crippen molar-refractivity contribution in [3.05, 3.63) is 89.5 Å². The summed E-state index contributed by atoms with van der Waals surface area (Å²) in [5, 5.41) is 23.8. The molecule has 1 heterocycles. The van der Waals surface area contributed by atoms with E-state index < -0.39 is 12.3 Å². The van der Waals surface area contributed by atoms with Crippen molar-refractivity contribution in [1.82, 2.24) is 0 Å². The summed E-state index contributed by atoms with van der Waals surface area (Å²) < 4.78 is 13.0. The Hall–Kier alpha value is -3.70. The number of carbonyl (C=O) groups excluding carboxylic acids is 2. The van der Waals surface area contributed by atoms with Crippen LogP contribution in [0.3, 0.4) is 0 Å². The highest BCUT2D eigenvalue weighted by Crippen LogP contribution is 2.43. The molecule has 1 aliphatic heterocycles. The van der Waals surface area contributed by atoms with E-state index in [0.717, 1.165) is 27.3 Å². The topological polar surface area (TPSA) is 134 Å². The molecule has 1 fully saturated rings. The summed E-state index contributed by atoms with van der Waals surface area (Å²) in [6.45, 7) is 3.55. The molecule has 4 unspecified atom stereocenters. The molecule has 0 spiro atoms. The van der Waals surface area contributed by atoms with Gasteiger partial charge >= 0.3 is 5.97 Å². The number of carboxylic acids is 1. The zero-order valence-corrected chi connectivity index (χ0v) is 24.4. The van der Waals surface area contributed by atoms with E-state index in [4.69, 9.17) is 14.6 Å². The number of amides is 2. The third kappa shape index (κ3) is 8.90. The van der Waals surface area contributed by atoms with Crippen molar-refractivity contribution in [1.29, 1.82) is 0 Å². The van der Waals surface area contributed by atoms with Crippen molar-refractivity contribution < 1.29 is 34.1 Å². The lowest BCUT2D eigenvalue weighted by Gasteiger charge is -2.41. The van der Waals surface area contributed by atoms with E-state index in [1.165, 1.54) is 6.92 Å². The van der Waals surface area contributed by atoms with Gasteiger partial charge in [-0.25, -0.2) is 0 Å². The summed E-state index contributed by atoms with van der Waals surface area (Å²) in [4.78, 5) is 35.2. The summed E-state index contributed by atoms with van der Waals surface area (Å²) in [7, 11) is 0. The molecule has 4 N–H and O–H groups in total. The summed E-state index contributed by atoms with van der Waals surface area (Å²) in [5.41, 5.74) is 3.97. The van der Waals surface area contributed by atoms with Crippen LogP contribution < -0.4 is 10.6 Å². The molecule has 4 rings (SSSR count). The van der Waals surface area contributed by atoms with Gasteiger partial charge in [-0.3, -0.25) is 14.4 Å². The molecule has 0 aromatic heterocycles. The molecule has 0 bridgehead atoms. The maximum atomic E-state index is 12.2. The zero-order chi connectivity index (χ0) is 30.1. The Bertz CT molecular complexity index is 1350. The highest BCUT2D eigenvalue weighted by molar-refractivity contribution is 7.99. The number of benzene rings is 3. The standard InChI is InChI=1S/C32H36N2O7S/c1-20-28(19-42-27-16-14-25(15-17-27)33-21(2)36)40-32(41-31(20)23-8-6-22(18-35)7-9-23)24-10-12-26(13-11-24)34-29(37)4-3-5-30(38)39/h6-17,20,28,31-32,35H,3-5,18-19H2,1-2H3,(H,33,36)(H,34,37)(H,38,39). The number of hydrogen-bond donors (Lipinski definition) is 4. The van der Waals surface area contributed by atoms with E-state index in [9.17, 15) is 19.5 Å². The minimum absolute atomic E-state index is 0.0248.